The van der Waals surface area contributed by atoms with Crippen LogP contribution in [0, 0.1) is 10.1 Å². The van der Waals surface area contributed by atoms with E-state index in [-0.39, 0.29) is 16.3 Å². The number of sulfonamides is 1. The quantitative estimate of drug-likeness (QED) is 0.560. The number of nitrogens with one attached hydrogen (secondary N) is 2. The summed E-state index contributed by atoms with van der Waals surface area (Å²) in [6.45, 7) is 4.25. The molecule has 1 heterocycles. The van der Waals surface area contributed by atoms with Crippen molar-refractivity contribution in [2.24, 2.45) is 0 Å². The minimum absolute atomic E-state index is 0.0481. The summed E-state index contributed by atoms with van der Waals surface area (Å²) >= 11 is 0. The van der Waals surface area contributed by atoms with Crippen LogP contribution in [0.4, 0.5) is 17.1 Å². The lowest BCUT2D eigenvalue weighted by atomic mass is 10.1. The van der Waals surface area contributed by atoms with Crippen molar-refractivity contribution in [2.75, 3.05) is 38.5 Å². The third-order valence-electron chi connectivity index (χ3n) is 5.05. The Morgan fingerprint density at radius 2 is 1.82 bits per heavy atom. The summed E-state index contributed by atoms with van der Waals surface area (Å²) in [6, 6.07) is 11.6. The van der Waals surface area contributed by atoms with Gasteiger partial charge in [0.1, 0.15) is 5.69 Å². The van der Waals surface area contributed by atoms with Gasteiger partial charge in [0, 0.05) is 11.8 Å². The van der Waals surface area contributed by atoms with Crippen LogP contribution in [-0.2, 0) is 16.4 Å². The van der Waals surface area contributed by atoms with Gasteiger partial charge in [0.25, 0.3) is 5.69 Å². The van der Waals surface area contributed by atoms with Gasteiger partial charge in [-0.25, -0.2) is 8.42 Å². The standard InChI is InChI=1S/C19H24N4O4S/c1-3-15-6-4-5-7-17(15)20-18-9-8-16(14-19(18)23(24)25)28(26,27)22-12-10-21(2)11-13-22/h4-9,14,20H,3,10-13H2,1-2H3/p+1. The molecule has 0 aliphatic carbocycles. The van der Waals surface area contributed by atoms with Crippen LogP contribution in [0.1, 0.15) is 12.5 Å². The van der Waals surface area contributed by atoms with E-state index in [9.17, 15) is 18.5 Å². The van der Waals surface area contributed by atoms with E-state index in [2.05, 4.69) is 5.32 Å². The average molecular weight is 406 g/mol. The van der Waals surface area contributed by atoms with Crippen LogP contribution in [-0.4, -0.2) is 50.9 Å². The molecule has 1 aliphatic rings. The van der Waals surface area contributed by atoms with Gasteiger partial charge in [-0.1, -0.05) is 25.1 Å². The lowest BCUT2D eigenvalue weighted by Crippen LogP contribution is -3.12. The maximum atomic E-state index is 12.9. The fourth-order valence-electron chi connectivity index (χ4n) is 3.28. The number of hydrogen-bond acceptors (Lipinski definition) is 5. The summed E-state index contributed by atoms with van der Waals surface area (Å²) in [4.78, 5) is 12.3. The Bertz CT molecular complexity index is 970. The fourth-order valence-corrected chi connectivity index (χ4v) is 4.74. The van der Waals surface area contributed by atoms with Gasteiger partial charge in [-0.05, 0) is 30.2 Å². The van der Waals surface area contributed by atoms with Crippen molar-refractivity contribution in [3.05, 3.63) is 58.1 Å². The summed E-state index contributed by atoms with van der Waals surface area (Å²) in [5, 5.41) is 14.7. The second kappa shape index (κ2) is 8.26. The number of benzene rings is 2. The molecule has 8 nitrogen and oxygen atoms in total. The first-order valence-corrected chi connectivity index (χ1v) is 10.7. The van der Waals surface area contributed by atoms with Crippen LogP contribution in [0.3, 0.4) is 0 Å². The number of quaternary nitrogens is 1. The van der Waals surface area contributed by atoms with Crippen LogP contribution < -0.4 is 10.2 Å². The predicted molar refractivity (Wildman–Crippen MR) is 108 cm³/mol. The molecule has 1 saturated heterocycles. The lowest BCUT2D eigenvalue weighted by molar-refractivity contribution is -0.883. The van der Waals surface area contributed by atoms with Gasteiger partial charge in [0.15, 0.2) is 0 Å². The Morgan fingerprint density at radius 1 is 1.14 bits per heavy atom. The summed E-state index contributed by atoms with van der Waals surface area (Å²) < 4.78 is 27.2. The number of nitro benzene ring substituents is 1. The Kier molecular flexibility index (Phi) is 5.97. The molecule has 0 amide bonds. The molecule has 150 valence electrons. The van der Waals surface area contributed by atoms with Gasteiger partial charge >= 0.3 is 0 Å². The molecule has 1 fully saturated rings. The monoisotopic (exact) mass is 405 g/mol. The molecule has 2 N–H and O–H groups in total. The smallest absolute Gasteiger partial charge is 0.294 e. The highest BCUT2D eigenvalue weighted by Gasteiger charge is 2.31. The number of nitro groups is 1. The summed E-state index contributed by atoms with van der Waals surface area (Å²) in [5.41, 5.74) is 1.80. The molecule has 0 saturated carbocycles. The topological polar surface area (TPSA) is 97.0 Å². The number of hydrogen-bond donors (Lipinski definition) is 2. The van der Waals surface area contributed by atoms with Crippen molar-refractivity contribution in [3.63, 3.8) is 0 Å². The van der Waals surface area contributed by atoms with E-state index >= 15 is 0 Å². The van der Waals surface area contributed by atoms with Crippen LogP contribution in [0.2, 0.25) is 0 Å². The molecule has 0 bridgehead atoms. The third-order valence-corrected chi connectivity index (χ3v) is 6.94. The zero-order valence-corrected chi connectivity index (χ0v) is 16.8. The third kappa shape index (κ3) is 4.16. The molecule has 0 aromatic heterocycles. The first-order valence-electron chi connectivity index (χ1n) is 9.27. The maximum Gasteiger partial charge on any atom is 0.294 e. The Morgan fingerprint density at radius 3 is 2.46 bits per heavy atom. The van der Waals surface area contributed by atoms with Gasteiger partial charge in [0.2, 0.25) is 10.0 Å². The van der Waals surface area contributed by atoms with Crippen molar-refractivity contribution in [1.29, 1.82) is 0 Å². The summed E-state index contributed by atoms with van der Waals surface area (Å²) in [6.07, 6.45) is 0.773. The SMILES string of the molecule is CCc1ccccc1Nc1ccc(S(=O)(=O)N2CC[NH+](C)CC2)cc1[N+](=O)[O-]. The molecule has 3 rings (SSSR count). The molecule has 1 aliphatic heterocycles. The van der Waals surface area contributed by atoms with Gasteiger partial charge in [-0.2, -0.15) is 4.31 Å². The number of nitrogens with zero attached hydrogens (tertiary/aromatic N) is 2. The van der Waals surface area contributed by atoms with E-state index in [0.717, 1.165) is 36.8 Å². The molecule has 0 atom stereocenters. The molecular formula is C19H25N4O4S+. The largest absolute Gasteiger partial charge is 0.350 e. The van der Waals surface area contributed by atoms with Gasteiger partial charge in [-0.15, -0.1) is 0 Å². The number of piperazine rings is 1. The molecule has 0 unspecified atom stereocenters. The second-order valence-electron chi connectivity index (χ2n) is 6.93. The van der Waals surface area contributed by atoms with Crippen molar-refractivity contribution in [2.45, 2.75) is 18.2 Å². The fraction of sp³-hybridized carbons (Fsp3) is 0.368. The molecule has 28 heavy (non-hydrogen) atoms. The van der Waals surface area contributed by atoms with Crippen molar-refractivity contribution in [1.82, 2.24) is 4.31 Å². The van der Waals surface area contributed by atoms with Crippen LogP contribution in [0.15, 0.2) is 47.4 Å². The van der Waals surface area contributed by atoms with E-state index in [1.807, 2.05) is 38.2 Å². The lowest BCUT2D eigenvalue weighted by Gasteiger charge is -2.29. The van der Waals surface area contributed by atoms with Gasteiger partial charge in [0.05, 0.1) is 43.0 Å². The van der Waals surface area contributed by atoms with E-state index < -0.39 is 14.9 Å². The molecule has 0 radical (unpaired) electrons. The zero-order valence-electron chi connectivity index (χ0n) is 16.0. The molecule has 2 aromatic carbocycles. The maximum absolute atomic E-state index is 12.9. The highest BCUT2D eigenvalue weighted by Crippen LogP contribution is 2.32. The van der Waals surface area contributed by atoms with Crippen molar-refractivity contribution < 1.29 is 18.2 Å². The Hall–Kier alpha value is -2.49. The first kappa shape index (κ1) is 20.2. The van der Waals surface area contributed by atoms with Crippen molar-refractivity contribution in [3.8, 4) is 0 Å². The minimum Gasteiger partial charge on any atom is -0.350 e. The number of para-hydroxylation sites is 1. The second-order valence-corrected chi connectivity index (χ2v) is 8.87. The zero-order chi connectivity index (χ0) is 20.3. The minimum atomic E-state index is -3.76. The van der Waals surface area contributed by atoms with E-state index in [0.29, 0.717) is 13.1 Å². The number of rotatable bonds is 6. The summed E-state index contributed by atoms with van der Waals surface area (Å²) in [5.74, 6) is 0. The van der Waals surface area contributed by atoms with Gasteiger partial charge < -0.3 is 10.2 Å². The average Bonchev–Trinajstić information content (AvgIpc) is 2.68. The van der Waals surface area contributed by atoms with Gasteiger partial charge in [-0.3, -0.25) is 10.1 Å². The number of likely N-dealkylation sites (N-methyl/N-ethyl adjacent to an activating group) is 1. The Balaban J connectivity index is 1.94. The highest BCUT2D eigenvalue weighted by atomic mass is 32.2. The van der Waals surface area contributed by atoms with E-state index in [1.165, 1.54) is 21.3 Å². The van der Waals surface area contributed by atoms with Crippen molar-refractivity contribution >= 4 is 27.1 Å². The molecule has 9 heteroatoms. The highest BCUT2D eigenvalue weighted by molar-refractivity contribution is 7.89. The molecule has 0 spiro atoms. The number of anilines is 2. The van der Waals surface area contributed by atoms with Crippen LogP contribution in [0.25, 0.3) is 0 Å². The Labute approximate surface area is 165 Å². The van der Waals surface area contributed by atoms with Crippen LogP contribution >= 0.6 is 0 Å². The predicted octanol–water partition coefficient (Wildman–Crippen LogP) is 1.42. The van der Waals surface area contributed by atoms with Crippen LogP contribution in [0.5, 0.6) is 0 Å². The molecular weight excluding hydrogens is 380 g/mol. The molecule has 2 aromatic rings. The first-order chi connectivity index (χ1) is 13.3. The summed E-state index contributed by atoms with van der Waals surface area (Å²) in [7, 11) is -1.74. The van der Waals surface area contributed by atoms with E-state index in [4.69, 9.17) is 0 Å². The number of aryl methyl sites for hydroxylation is 1. The normalized spacial score (nSPS) is 16.1. The van der Waals surface area contributed by atoms with E-state index in [1.54, 1.807) is 0 Å².